The summed E-state index contributed by atoms with van der Waals surface area (Å²) < 4.78 is 0. The number of carbonyl (C=O) groups is 1. The first-order chi connectivity index (χ1) is 11.4. The molecule has 1 aliphatic heterocycles. The summed E-state index contributed by atoms with van der Waals surface area (Å²) in [6, 6.07) is 12.8. The van der Waals surface area contributed by atoms with Crippen LogP contribution in [-0.4, -0.2) is 22.7 Å². The van der Waals surface area contributed by atoms with Crippen LogP contribution in [0.2, 0.25) is 10.0 Å². The number of aliphatic hydroxyl groups is 1. The Morgan fingerprint density at radius 2 is 1.71 bits per heavy atom. The third-order valence-electron chi connectivity index (χ3n) is 4.38. The van der Waals surface area contributed by atoms with Gasteiger partial charge in [0.15, 0.2) is 6.10 Å². The highest BCUT2D eigenvalue weighted by Gasteiger charge is 2.27. The van der Waals surface area contributed by atoms with E-state index in [9.17, 15) is 9.90 Å². The fourth-order valence-corrected chi connectivity index (χ4v) is 3.65. The van der Waals surface area contributed by atoms with E-state index in [1.807, 2.05) is 24.3 Å². The smallest absolute Gasteiger partial charge is 0.337 e. The molecule has 4 nitrogen and oxygen atoms in total. The van der Waals surface area contributed by atoms with Gasteiger partial charge in [0.25, 0.3) is 0 Å². The predicted octanol–water partition coefficient (Wildman–Crippen LogP) is 3.93. The summed E-state index contributed by atoms with van der Waals surface area (Å²) >= 11 is 12.2. The number of rotatable bonds is 4. The first-order valence-corrected chi connectivity index (χ1v) is 8.39. The van der Waals surface area contributed by atoms with Crippen molar-refractivity contribution < 1.29 is 15.0 Å². The molecule has 24 heavy (non-hydrogen) atoms. The molecule has 0 amide bonds. The van der Waals surface area contributed by atoms with Crippen molar-refractivity contribution in [3.63, 3.8) is 0 Å². The van der Waals surface area contributed by atoms with Gasteiger partial charge in [0.1, 0.15) is 0 Å². The summed E-state index contributed by atoms with van der Waals surface area (Å²) in [5.74, 6) is -0.935. The van der Waals surface area contributed by atoms with E-state index in [4.69, 9.17) is 28.3 Å². The van der Waals surface area contributed by atoms with Crippen molar-refractivity contribution in [1.82, 2.24) is 5.32 Å². The first-order valence-electron chi connectivity index (χ1n) is 7.64. The Balaban J connectivity index is 1.72. The summed E-state index contributed by atoms with van der Waals surface area (Å²) in [6.45, 7) is 0.820. The maximum absolute atomic E-state index is 10.8. The van der Waals surface area contributed by atoms with E-state index >= 15 is 0 Å². The molecule has 3 N–H and O–H groups in total. The monoisotopic (exact) mass is 365 g/mol. The molecule has 0 spiro atoms. The molecule has 0 aromatic heterocycles. The molecular formula is C18H17Cl2NO3. The minimum absolute atomic E-state index is 0.170. The molecule has 1 unspecified atom stereocenters. The maximum Gasteiger partial charge on any atom is 0.337 e. The molecule has 0 aliphatic carbocycles. The molecule has 6 heteroatoms. The van der Waals surface area contributed by atoms with E-state index in [-0.39, 0.29) is 6.04 Å². The van der Waals surface area contributed by atoms with E-state index in [2.05, 4.69) is 5.32 Å². The number of carboxylic acid groups (broad SMARTS) is 1. The SMILES string of the molecule is O=C(O)[C@H](O)c1ccc(C2C[C@H](c3cc(Cl)cc(Cl)c3)CN2)cc1. The molecular weight excluding hydrogens is 349 g/mol. The van der Waals surface area contributed by atoms with Crippen LogP contribution in [0.3, 0.4) is 0 Å². The number of benzene rings is 2. The maximum atomic E-state index is 10.8. The largest absolute Gasteiger partial charge is 0.479 e. The molecule has 0 saturated carbocycles. The van der Waals surface area contributed by atoms with Crippen LogP contribution in [0.15, 0.2) is 42.5 Å². The highest BCUT2D eigenvalue weighted by atomic mass is 35.5. The van der Waals surface area contributed by atoms with E-state index in [0.29, 0.717) is 21.5 Å². The average molecular weight is 366 g/mol. The summed E-state index contributed by atoms with van der Waals surface area (Å²) in [5, 5.41) is 23.1. The Kier molecular flexibility index (Phi) is 5.11. The van der Waals surface area contributed by atoms with Gasteiger partial charge in [-0.15, -0.1) is 0 Å². The molecule has 126 valence electrons. The molecule has 1 heterocycles. The molecule has 2 aromatic rings. The molecule has 3 atom stereocenters. The van der Waals surface area contributed by atoms with Crippen LogP contribution in [0.4, 0.5) is 0 Å². The lowest BCUT2D eigenvalue weighted by molar-refractivity contribution is -0.146. The van der Waals surface area contributed by atoms with Crippen molar-refractivity contribution in [2.24, 2.45) is 0 Å². The van der Waals surface area contributed by atoms with Crippen molar-refractivity contribution in [2.75, 3.05) is 6.54 Å². The summed E-state index contributed by atoms with van der Waals surface area (Å²) in [6.07, 6.45) is -0.589. The quantitative estimate of drug-likeness (QED) is 0.767. The van der Waals surface area contributed by atoms with Crippen LogP contribution in [-0.2, 0) is 4.79 Å². The summed E-state index contributed by atoms with van der Waals surface area (Å²) in [4.78, 5) is 10.8. The van der Waals surface area contributed by atoms with E-state index in [1.54, 1.807) is 18.2 Å². The lowest BCUT2D eigenvalue weighted by Crippen LogP contribution is -2.14. The minimum Gasteiger partial charge on any atom is -0.479 e. The van der Waals surface area contributed by atoms with E-state index < -0.39 is 12.1 Å². The molecule has 1 fully saturated rings. The van der Waals surface area contributed by atoms with Crippen LogP contribution in [0.25, 0.3) is 0 Å². The van der Waals surface area contributed by atoms with E-state index in [1.165, 1.54) is 0 Å². The fraction of sp³-hybridized carbons (Fsp3) is 0.278. The van der Waals surface area contributed by atoms with Gasteiger partial charge in [0.05, 0.1) is 0 Å². The zero-order chi connectivity index (χ0) is 17.3. The highest BCUT2D eigenvalue weighted by molar-refractivity contribution is 6.34. The third kappa shape index (κ3) is 3.73. The second kappa shape index (κ2) is 7.11. The van der Waals surface area contributed by atoms with Crippen LogP contribution >= 0.6 is 23.2 Å². The van der Waals surface area contributed by atoms with Crippen LogP contribution in [0.1, 0.15) is 41.2 Å². The summed E-state index contributed by atoms with van der Waals surface area (Å²) in [5.41, 5.74) is 2.55. The van der Waals surface area contributed by atoms with Crippen LogP contribution in [0.5, 0.6) is 0 Å². The zero-order valence-electron chi connectivity index (χ0n) is 12.7. The predicted molar refractivity (Wildman–Crippen MR) is 93.6 cm³/mol. The van der Waals surface area contributed by atoms with Gasteiger partial charge >= 0.3 is 5.97 Å². The topological polar surface area (TPSA) is 69.6 Å². The van der Waals surface area contributed by atoms with Gasteiger partial charge in [0.2, 0.25) is 0 Å². The number of aliphatic hydroxyl groups excluding tert-OH is 1. The Bertz CT molecular complexity index is 728. The number of nitrogens with one attached hydrogen (secondary N) is 1. The second-order valence-electron chi connectivity index (χ2n) is 6.00. The number of hydrogen-bond acceptors (Lipinski definition) is 3. The van der Waals surface area contributed by atoms with Crippen molar-refractivity contribution in [3.05, 3.63) is 69.2 Å². The average Bonchev–Trinajstić information content (AvgIpc) is 3.03. The van der Waals surface area contributed by atoms with Crippen molar-refractivity contribution in [1.29, 1.82) is 0 Å². The van der Waals surface area contributed by atoms with Crippen LogP contribution in [0, 0.1) is 0 Å². The molecule has 2 aromatic carbocycles. The first kappa shape index (κ1) is 17.2. The Labute approximate surface area is 150 Å². The van der Waals surface area contributed by atoms with Gasteiger partial charge in [-0.2, -0.15) is 0 Å². The van der Waals surface area contributed by atoms with Crippen molar-refractivity contribution in [3.8, 4) is 0 Å². The van der Waals surface area contributed by atoms with Gasteiger partial charge in [0, 0.05) is 22.6 Å². The van der Waals surface area contributed by atoms with Gasteiger partial charge < -0.3 is 15.5 Å². The van der Waals surface area contributed by atoms with Gasteiger partial charge in [-0.25, -0.2) is 4.79 Å². The Morgan fingerprint density at radius 3 is 2.29 bits per heavy atom. The summed E-state index contributed by atoms with van der Waals surface area (Å²) in [7, 11) is 0. The lowest BCUT2D eigenvalue weighted by Gasteiger charge is -2.13. The van der Waals surface area contributed by atoms with Crippen molar-refractivity contribution in [2.45, 2.75) is 24.5 Å². The number of aliphatic carboxylic acids is 1. The number of carboxylic acids is 1. The minimum atomic E-state index is -1.49. The number of halogens is 2. The second-order valence-corrected chi connectivity index (χ2v) is 6.88. The standard InChI is InChI=1S/C18H17Cl2NO3/c19-14-5-12(6-15(20)8-14)13-7-16(21-9-13)10-1-3-11(4-2-10)17(22)18(23)24/h1-6,8,13,16-17,21-22H,7,9H2,(H,23,24)/t13-,16?,17+/m0/s1. The molecule has 0 bridgehead atoms. The number of hydrogen-bond donors (Lipinski definition) is 3. The zero-order valence-corrected chi connectivity index (χ0v) is 14.3. The molecule has 1 aliphatic rings. The Morgan fingerprint density at radius 1 is 1.08 bits per heavy atom. The molecule has 1 saturated heterocycles. The van der Waals surface area contributed by atoms with Gasteiger partial charge in [-0.05, 0) is 47.2 Å². The van der Waals surface area contributed by atoms with Gasteiger partial charge in [-0.3, -0.25) is 0 Å². The Hall–Kier alpha value is -1.59. The molecule has 3 rings (SSSR count). The van der Waals surface area contributed by atoms with Crippen LogP contribution < -0.4 is 5.32 Å². The highest BCUT2D eigenvalue weighted by Crippen LogP contribution is 2.36. The fourth-order valence-electron chi connectivity index (χ4n) is 3.11. The van der Waals surface area contributed by atoms with E-state index in [0.717, 1.165) is 24.1 Å². The lowest BCUT2D eigenvalue weighted by atomic mass is 9.93. The van der Waals surface area contributed by atoms with Crippen molar-refractivity contribution >= 4 is 29.2 Å². The van der Waals surface area contributed by atoms with Gasteiger partial charge in [-0.1, -0.05) is 47.5 Å². The molecule has 0 radical (unpaired) electrons. The third-order valence-corrected chi connectivity index (χ3v) is 4.81. The normalized spacial score (nSPS) is 21.6.